The molecule has 17 heavy (non-hydrogen) atoms. The summed E-state index contributed by atoms with van der Waals surface area (Å²) in [6.45, 7) is 4.99. The summed E-state index contributed by atoms with van der Waals surface area (Å²) < 4.78 is 0. The molecule has 1 aromatic heterocycles. The van der Waals surface area contributed by atoms with Gasteiger partial charge in [0.1, 0.15) is 11.6 Å². The molecule has 0 saturated carbocycles. The number of hydrogen-bond donors (Lipinski definition) is 2. The number of H-pyrrole nitrogens is 1. The van der Waals surface area contributed by atoms with Crippen LogP contribution in [0.3, 0.4) is 0 Å². The number of imidazole rings is 1. The molecule has 2 aromatic rings. The fourth-order valence-corrected chi connectivity index (χ4v) is 2.57. The zero-order chi connectivity index (χ0) is 11.8. The van der Waals surface area contributed by atoms with Gasteiger partial charge in [-0.25, -0.2) is 4.98 Å². The minimum atomic E-state index is 0.357. The van der Waals surface area contributed by atoms with Gasteiger partial charge in [0.2, 0.25) is 0 Å². The van der Waals surface area contributed by atoms with E-state index in [4.69, 9.17) is 0 Å². The van der Waals surface area contributed by atoms with Crippen LogP contribution in [0, 0.1) is 6.92 Å². The van der Waals surface area contributed by atoms with Crippen molar-refractivity contribution < 1.29 is 5.11 Å². The number of phenolic OH excluding ortho intramolecular Hbond substituents is 1. The molecule has 0 bridgehead atoms. The Balaban J connectivity index is 2.03. The normalized spacial score (nSPS) is 17.0. The summed E-state index contributed by atoms with van der Waals surface area (Å²) in [5.41, 5.74) is 2.87. The monoisotopic (exact) mass is 231 g/mol. The number of rotatable bonds is 2. The van der Waals surface area contributed by atoms with Crippen LogP contribution in [0.25, 0.3) is 11.0 Å². The van der Waals surface area contributed by atoms with Crippen LogP contribution in [0.4, 0.5) is 0 Å². The third-order valence-corrected chi connectivity index (χ3v) is 3.43. The number of aromatic hydroxyl groups is 1. The van der Waals surface area contributed by atoms with Crippen LogP contribution in [0.2, 0.25) is 0 Å². The number of hydrogen-bond acceptors (Lipinski definition) is 3. The molecule has 0 spiro atoms. The van der Waals surface area contributed by atoms with Gasteiger partial charge in [-0.2, -0.15) is 0 Å². The van der Waals surface area contributed by atoms with Crippen molar-refractivity contribution in [2.75, 3.05) is 13.1 Å². The number of fused-ring (bicyclic) bond motifs is 1. The van der Waals surface area contributed by atoms with Gasteiger partial charge in [0.05, 0.1) is 11.0 Å². The third-order valence-electron chi connectivity index (χ3n) is 3.43. The first-order valence-electron chi connectivity index (χ1n) is 6.13. The molecule has 0 atom stereocenters. The van der Waals surface area contributed by atoms with Crippen molar-refractivity contribution in [1.29, 1.82) is 0 Å². The lowest BCUT2D eigenvalue weighted by Gasteiger charge is -2.15. The van der Waals surface area contributed by atoms with E-state index in [1.807, 2.05) is 13.0 Å². The summed E-state index contributed by atoms with van der Waals surface area (Å²) >= 11 is 0. The van der Waals surface area contributed by atoms with Gasteiger partial charge in [-0.05, 0) is 45.0 Å². The Kier molecular flexibility index (Phi) is 2.52. The van der Waals surface area contributed by atoms with Crippen molar-refractivity contribution in [3.05, 3.63) is 23.5 Å². The van der Waals surface area contributed by atoms with Gasteiger partial charge in [0.25, 0.3) is 0 Å². The predicted octanol–water partition coefficient (Wildman–Crippen LogP) is 2.17. The van der Waals surface area contributed by atoms with Gasteiger partial charge in [0, 0.05) is 12.1 Å². The number of benzene rings is 1. The highest BCUT2D eigenvalue weighted by Gasteiger charge is 2.17. The number of aryl methyl sites for hydroxylation is 1. The van der Waals surface area contributed by atoms with Crippen molar-refractivity contribution in [2.24, 2.45) is 0 Å². The standard InChI is InChI=1S/C13H17N3O/c1-9-14-11-4-5-12(17)10(13(11)15-9)8-16-6-2-3-7-16/h4-5,17H,2-3,6-8H2,1H3,(H,14,15). The molecule has 0 aliphatic carbocycles. The number of likely N-dealkylation sites (tertiary alicyclic amines) is 1. The molecule has 2 heterocycles. The molecular formula is C13H17N3O. The molecule has 4 heteroatoms. The molecule has 3 rings (SSSR count). The summed E-state index contributed by atoms with van der Waals surface area (Å²) in [5, 5.41) is 10.00. The molecule has 1 aliphatic rings. The van der Waals surface area contributed by atoms with Crippen molar-refractivity contribution in [2.45, 2.75) is 26.3 Å². The minimum absolute atomic E-state index is 0.357. The lowest BCUT2D eigenvalue weighted by atomic mass is 10.1. The van der Waals surface area contributed by atoms with E-state index < -0.39 is 0 Å². The molecule has 1 saturated heterocycles. The lowest BCUT2D eigenvalue weighted by molar-refractivity contribution is 0.325. The minimum Gasteiger partial charge on any atom is -0.508 e. The first-order chi connectivity index (χ1) is 8.24. The van der Waals surface area contributed by atoms with E-state index in [1.165, 1.54) is 12.8 Å². The van der Waals surface area contributed by atoms with E-state index in [0.29, 0.717) is 5.75 Å². The molecule has 0 amide bonds. The highest BCUT2D eigenvalue weighted by molar-refractivity contribution is 5.81. The number of aromatic amines is 1. The molecular weight excluding hydrogens is 214 g/mol. The molecule has 1 fully saturated rings. The first kappa shape index (κ1) is 10.6. The van der Waals surface area contributed by atoms with Gasteiger partial charge in [-0.1, -0.05) is 0 Å². The Bertz CT molecular complexity index is 541. The van der Waals surface area contributed by atoms with Crippen LogP contribution >= 0.6 is 0 Å². The number of nitrogens with one attached hydrogen (secondary N) is 1. The molecule has 1 aromatic carbocycles. The van der Waals surface area contributed by atoms with Crippen LogP contribution in [0.15, 0.2) is 12.1 Å². The zero-order valence-electron chi connectivity index (χ0n) is 10.0. The van der Waals surface area contributed by atoms with E-state index in [9.17, 15) is 5.11 Å². The molecule has 0 unspecified atom stereocenters. The quantitative estimate of drug-likeness (QED) is 0.833. The molecule has 2 N–H and O–H groups in total. The van der Waals surface area contributed by atoms with Crippen molar-refractivity contribution in [3.8, 4) is 5.75 Å². The Hall–Kier alpha value is -1.55. The van der Waals surface area contributed by atoms with Crippen LogP contribution in [0.5, 0.6) is 5.75 Å². The number of aromatic nitrogens is 2. The van der Waals surface area contributed by atoms with E-state index in [0.717, 1.165) is 42.1 Å². The number of phenols is 1. The third kappa shape index (κ3) is 1.89. The van der Waals surface area contributed by atoms with E-state index in [1.54, 1.807) is 6.07 Å². The van der Waals surface area contributed by atoms with Crippen molar-refractivity contribution in [1.82, 2.24) is 14.9 Å². The van der Waals surface area contributed by atoms with Crippen molar-refractivity contribution >= 4 is 11.0 Å². The Morgan fingerprint density at radius 3 is 2.88 bits per heavy atom. The van der Waals surface area contributed by atoms with Crippen molar-refractivity contribution in [3.63, 3.8) is 0 Å². The summed E-state index contributed by atoms with van der Waals surface area (Å²) in [5.74, 6) is 1.25. The van der Waals surface area contributed by atoms with Gasteiger partial charge < -0.3 is 10.1 Å². The molecule has 4 nitrogen and oxygen atoms in total. The zero-order valence-corrected chi connectivity index (χ0v) is 10.0. The Morgan fingerprint density at radius 2 is 2.12 bits per heavy atom. The summed E-state index contributed by atoms with van der Waals surface area (Å²) in [7, 11) is 0. The van der Waals surface area contributed by atoms with Gasteiger partial charge in [-0.15, -0.1) is 0 Å². The first-order valence-corrected chi connectivity index (χ1v) is 6.13. The summed E-state index contributed by atoms with van der Waals surface area (Å²) in [6, 6.07) is 3.64. The van der Waals surface area contributed by atoms with E-state index >= 15 is 0 Å². The lowest BCUT2D eigenvalue weighted by Crippen LogP contribution is -2.18. The second kappa shape index (κ2) is 4.04. The van der Waals surface area contributed by atoms with Crippen LogP contribution < -0.4 is 0 Å². The highest BCUT2D eigenvalue weighted by atomic mass is 16.3. The summed E-state index contributed by atoms with van der Waals surface area (Å²) in [6.07, 6.45) is 2.52. The smallest absolute Gasteiger partial charge is 0.122 e. The Morgan fingerprint density at radius 1 is 1.35 bits per heavy atom. The average molecular weight is 231 g/mol. The van der Waals surface area contributed by atoms with Gasteiger partial charge in [0.15, 0.2) is 0 Å². The fraction of sp³-hybridized carbons (Fsp3) is 0.462. The highest BCUT2D eigenvalue weighted by Crippen LogP contribution is 2.27. The molecule has 90 valence electrons. The van der Waals surface area contributed by atoms with Gasteiger partial charge >= 0.3 is 0 Å². The van der Waals surface area contributed by atoms with Crippen LogP contribution in [-0.4, -0.2) is 33.1 Å². The maximum absolute atomic E-state index is 10.00. The van der Waals surface area contributed by atoms with Crippen LogP contribution in [0.1, 0.15) is 24.2 Å². The second-order valence-corrected chi connectivity index (χ2v) is 4.76. The maximum Gasteiger partial charge on any atom is 0.122 e. The maximum atomic E-state index is 10.00. The number of nitrogens with zero attached hydrogens (tertiary/aromatic N) is 2. The topological polar surface area (TPSA) is 52.1 Å². The van der Waals surface area contributed by atoms with E-state index in [-0.39, 0.29) is 0 Å². The Labute approximate surface area is 100 Å². The fourth-order valence-electron chi connectivity index (χ4n) is 2.57. The van der Waals surface area contributed by atoms with Crippen LogP contribution in [-0.2, 0) is 6.54 Å². The summed E-state index contributed by atoms with van der Waals surface area (Å²) in [4.78, 5) is 10.1. The van der Waals surface area contributed by atoms with E-state index in [2.05, 4.69) is 14.9 Å². The predicted molar refractivity (Wildman–Crippen MR) is 67.0 cm³/mol. The molecule has 1 aliphatic heterocycles. The SMILES string of the molecule is Cc1nc2c(CN3CCCC3)c(O)ccc2[nH]1. The average Bonchev–Trinajstić information content (AvgIpc) is 2.91. The second-order valence-electron chi connectivity index (χ2n) is 4.76. The van der Waals surface area contributed by atoms with Gasteiger partial charge in [-0.3, -0.25) is 4.90 Å². The largest absolute Gasteiger partial charge is 0.508 e. The molecule has 0 radical (unpaired) electrons.